The molecule has 6 nitrogen and oxygen atoms in total. The Morgan fingerprint density at radius 2 is 1.96 bits per heavy atom. The summed E-state index contributed by atoms with van der Waals surface area (Å²) in [5.74, 6) is -0.797. The molecule has 0 spiro atoms. The topological polar surface area (TPSA) is 82.3 Å². The van der Waals surface area contributed by atoms with Gasteiger partial charge in [0.1, 0.15) is 5.82 Å². The van der Waals surface area contributed by atoms with Crippen molar-refractivity contribution < 1.29 is 14.0 Å². The number of benzene rings is 2. The van der Waals surface area contributed by atoms with E-state index in [9.17, 15) is 14.0 Å². The van der Waals surface area contributed by atoms with Crippen molar-refractivity contribution >= 4 is 23.3 Å². The molecule has 0 atom stereocenters. The first-order valence-electron chi connectivity index (χ1n) is 9.10. The van der Waals surface area contributed by atoms with Crippen LogP contribution in [-0.2, 0) is 13.0 Å². The average molecular weight is 368 g/mol. The Kier molecular flexibility index (Phi) is 4.77. The van der Waals surface area contributed by atoms with E-state index in [1.165, 1.54) is 0 Å². The summed E-state index contributed by atoms with van der Waals surface area (Å²) < 4.78 is 14.7. The second-order valence-electron chi connectivity index (χ2n) is 6.90. The lowest BCUT2D eigenvalue weighted by Crippen LogP contribution is -2.30. The maximum absolute atomic E-state index is 14.7. The zero-order valence-electron chi connectivity index (χ0n) is 14.8. The van der Waals surface area contributed by atoms with Crippen molar-refractivity contribution in [1.29, 1.82) is 0 Å². The summed E-state index contributed by atoms with van der Waals surface area (Å²) in [5.41, 5.74) is 2.60. The first-order valence-corrected chi connectivity index (χ1v) is 9.10. The van der Waals surface area contributed by atoms with Crippen LogP contribution in [0.5, 0.6) is 0 Å². The fourth-order valence-electron chi connectivity index (χ4n) is 3.14. The van der Waals surface area contributed by atoms with Gasteiger partial charge in [-0.05, 0) is 61.2 Å². The summed E-state index contributed by atoms with van der Waals surface area (Å²) in [6.45, 7) is 1.36. The number of nitrogens with one attached hydrogen (secondary N) is 4. The van der Waals surface area contributed by atoms with Gasteiger partial charge in [-0.15, -0.1) is 0 Å². The summed E-state index contributed by atoms with van der Waals surface area (Å²) in [4.78, 5) is 24.4. The predicted octanol–water partition coefficient (Wildman–Crippen LogP) is 3.01. The van der Waals surface area contributed by atoms with Crippen LogP contribution >= 0.6 is 0 Å². The van der Waals surface area contributed by atoms with E-state index in [2.05, 4.69) is 21.3 Å². The zero-order valence-corrected chi connectivity index (χ0v) is 14.8. The molecule has 0 aromatic heterocycles. The third-order valence-electron chi connectivity index (χ3n) is 4.75. The zero-order chi connectivity index (χ0) is 18.8. The van der Waals surface area contributed by atoms with Crippen molar-refractivity contribution in [2.45, 2.75) is 31.8 Å². The van der Waals surface area contributed by atoms with Crippen molar-refractivity contribution in [2.24, 2.45) is 0 Å². The highest BCUT2D eigenvalue weighted by molar-refractivity contribution is 6.05. The van der Waals surface area contributed by atoms with Gasteiger partial charge in [-0.1, -0.05) is 12.1 Å². The molecule has 27 heavy (non-hydrogen) atoms. The molecule has 0 bridgehead atoms. The van der Waals surface area contributed by atoms with Crippen molar-refractivity contribution in [3.05, 3.63) is 58.9 Å². The highest BCUT2D eigenvalue weighted by Gasteiger charge is 2.23. The monoisotopic (exact) mass is 368 g/mol. The van der Waals surface area contributed by atoms with Gasteiger partial charge in [0.05, 0.1) is 5.69 Å². The van der Waals surface area contributed by atoms with E-state index < -0.39 is 5.91 Å². The first-order chi connectivity index (χ1) is 13.1. The summed E-state index contributed by atoms with van der Waals surface area (Å²) in [6.07, 6.45) is 2.59. The molecule has 2 aliphatic rings. The lowest BCUT2D eigenvalue weighted by molar-refractivity contribution is 0.102. The van der Waals surface area contributed by atoms with Gasteiger partial charge in [-0.2, -0.15) is 0 Å². The fourth-order valence-corrected chi connectivity index (χ4v) is 3.14. The van der Waals surface area contributed by atoms with E-state index in [0.717, 1.165) is 24.9 Å². The summed E-state index contributed by atoms with van der Waals surface area (Å²) in [5, 5.41) is 11.4. The minimum atomic E-state index is -0.422. The molecule has 4 rings (SSSR count). The molecule has 0 unspecified atom stereocenters. The molecule has 1 aliphatic carbocycles. The Morgan fingerprint density at radius 1 is 1.11 bits per heavy atom. The second kappa shape index (κ2) is 7.36. The number of hydrogen-bond acceptors (Lipinski definition) is 3. The van der Waals surface area contributed by atoms with Crippen LogP contribution in [0.1, 0.15) is 34.3 Å². The maximum Gasteiger partial charge on any atom is 0.319 e. The van der Waals surface area contributed by atoms with E-state index >= 15 is 0 Å². The van der Waals surface area contributed by atoms with Gasteiger partial charge < -0.3 is 21.3 Å². The first kappa shape index (κ1) is 17.5. The van der Waals surface area contributed by atoms with Crippen LogP contribution in [0.15, 0.2) is 36.4 Å². The van der Waals surface area contributed by atoms with E-state index in [1.807, 2.05) is 6.07 Å². The molecule has 1 aliphatic heterocycles. The minimum absolute atomic E-state index is 0.172. The molecule has 140 valence electrons. The molecule has 0 saturated heterocycles. The molecule has 0 radical (unpaired) electrons. The second-order valence-corrected chi connectivity index (χ2v) is 6.90. The largest absolute Gasteiger partial charge is 0.335 e. The molecule has 2 aromatic rings. The summed E-state index contributed by atoms with van der Waals surface area (Å²) in [6, 6.07) is 9.96. The van der Waals surface area contributed by atoms with Crippen LogP contribution in [0.4, 0.5) is 20.6 Å². The van der Waals surface area contributed by atoms with Gasteiger partial charge in [0, 0.05) is 23.8 Å². The highest BCUT2D eigenvalue weighted by atomic mass is 19.1. The van der Waals surface area contributed by atoms with Crippen molar-refractivity contribution in [3.8, 4) is 0 Å². The molecule has 1 saturated carbocycles. The van der Waals surface area contributed by atoms with Crippen molar-refractivity contribution in [3.63, 3.8) is 0 Å². The third-order valence-corrected chi connectivity index (χ3v) is 4.75. The highest BCUT2D eigenvalue weighted by Crippen LogP contribution is 2.25. The van der Waals surface area contributed by atoms with Crippen LogP contribution in [0.3, 0.4) is 0 Å². The number of fused-ring (bicyclic) bond motifs is 1. The van der Waals surface area contributed by atoms with Gasteiger partial charge >= 0.3 is 6.03 Å². The van der Waals surface area contributed by atoms with E-state index in [0.29, 0.717) is 29.8 Å². The van der Waals surface area contributed by atoms with Crippen LogP contribution in [0.25, 0.3) is 0 Å². The van der Waals surface area contributed by atoms with Gasteiger partial charge in [-0.25, -0.2) is 9.18 Å². The minimum Gasteiger partial charge on any atom is -0.335 e. The van der Waals surface area contributed by atoms with Gasteiger partial charge in [0.25, 0.3) is 5.91 Å². The third kappa shape index (κ3) is 4.09. The molecule has 4 N–H and O–H groups in total. The molecular weight excluding hydrogens is 347 g/mol. The number of amides is 3. The number of carbonyl (C=O) groups is 2. The Balaban J connectivity index is 1.46. The number of halogens is 1. The van der Waals surface area contributed by atoms with Gasteiger partial charge in [0.2, 0.25) is 0 Å². The Labute approximate surface area is 156 Å². The summed E-state index contributed by atoms with van der Waals surface area (Å²) in [7, 11) is 0. The van der Waals surface area contributed by atoms with Crippen LogP contribution in [0, 0.1) is 5.82 Å². The van der Waals surface area contributed by atoms with Crippen molar-refractivity contribution in [2.75, 3.05) is 17.2 Å². The van der Waals surface area contributed by atoms with E-state index in [-0.39, 0.29) is 23.6 Å². The van der Waals surface area contributed by atoms with Crippen LogP contribution in [0.2, 0.25) is 0 Å². The Hall–Kier alpha value is -2.93. The number of rotatable bonds is 4. The number of anilines is 2. The van der Waals surface area contributed by atoms with Crippen LogP contribution < -0.4 is 21.3 Å². The number of hydrogen-bond donors (Lipinski definition) is 4. The smallest absolute Gasteiger partial charge is 0.319 e. The van der Waals surface area contributed by atoms with E-state index in [1.54, 1.807) is 30.3 Å². The standard InChI is InChI=1S/C20H21FN4O2/c21-18-16-8-9-22-11-13(16)4-7-17(18)25-19(26)12-2-1-3-15(10-12)24-20(27)23-14-5-6-14/h1-4,7,10,14,22H,5-6,8-9,11H2,(H,25,26)(H2,23,24,27). The maximum atomic E-state index is 14.7. The normalized spacial score (nSPS) is 15.6. The Morgan fingerprint density at radius 3 is 2.78 bits per heavy atom. The molecule has 2 aromatic carbocycles. The van der Waals surface area contributed by atoms with Crippen LogP contribution in [-0.4, -0.2) is 24.5 Å². The fraction of sp³-hybridized carbons (Fsp3) is 0.300. The number of carbonyl (C=O) groups excluding carboxylic acids is 2. The lowest BCUT2D eigenvalue weighted by atomic mass is 9.99. The average Bonchev–Trinajstić information content (AvgIpc) is 3.48. The molecule has 7 heteroatoms. The quantitative estimate of drug-likeness (QED) is 0.670. The molecular formula is C20H21FN4O2. The van der Waals surface area contributed by atoms with Crippen molar-refractivity contribution in [1.82, 2.24) is 10.6 Å². The Bertz CT molecular complexity index is 896. The molecule has 1 fully saturated rings. The molecule has 3 amide bonds. The van der Waals surface area contributed by atoms with Gasteiger partial charge in [-0.3, -0.25) is 4.79 Å². The predicted molar refractivity (Wildman–Crippen MR) is 101 cm³/mol. The lowest BCUT2D eigenvalue weighted by Gasteiger charge is -2.19. The molecule has 1 heterocycles. The SMILES string of the molecule is O=C(Nc1cccc(C(=O)Nc2ccc3c(c2F)CCNC3)c1)NC1CC1. The van der Waals surface area contributed by atoms with Gasteiger partial charge in [0.15, 0.2) is 0 Å². The van der Waals surface area contributed by atoms with E-state index in [4.69, 9.17) is 0 Å². The summed E-state index contributed by atoms with van der Waals surface area (Å²) >= 11 is 0. The number of urea groups is 1.